The molecule has 0 amide bonds. The lowest BCUT2D eigenvalue weighted by atomic mass is 10.3. The number of nitrogen functional groups attached to an aromatic ring is 1. The maximum Gasteiger partial charge on any atom is 0.283 e. The van der Waals surface area contributed by atoms with E-state index in [-0.39, 0.29) is 5.56 Å². The van der Waals surface area contributed by atoms with Gasteiger partial charge in [-0.25, -0.2) is 4.98 Å². The van der Waals surface area contributed by atoms with Gasteiger partial charge in [0, 0.05) is 29.5 Å². The minimum Gasteiger partial charge on any atom is -0.398 e. The lowest BCUT2D eigenvalue weighted by Crippen LogP contribution is -2.21. The van der Waals surface area contributed by atoms with Gasteiger partial charge in [0.1, 0.15) is 0 Å². The molecular formula is C13H15N3OS. The van der Waals surface area contributed by atoms with Crippen LogP contribution < -0.4 is 11.3 Å². The van der Waals surface area contributed by atoms with Gasteiger partial charge in [0.15, 0.2) is 5.03 Å². The Bertz CT molecular complexity index is 595. The van der Waals surface area contributed by atoms with Gasteiger partial charge < -0.3 is 10.3 Å². The molecule has 0 aliphatic rings. The van der Waals surface area contributed by atoms with Crippen molar-refractivity contribution in [3.05, 3.63) is 47.0 Å². The van der Waals surface area contributed by atoms with Gasteiger partial charge in [-0.05, 0) is 18.6 Å². The standard InChI is InChI=1S/C13H15N3OS/c1-2-8-16-9-7-15-12(13(16)17)18-11-6-4-3-5-10(11)14/h3-7,9H,2,8,14H2,1H3. The molecule has 2 rings (SSSR count). The monoisotopic (exact) mass is 261 g/mol. The summed E-state index contributed by atoms with van der Waals surface area (Å²) in [7, 11) is 0. The number of nitrogens with zero attached hydrogens (tertiary/aromatic N) is 2. The topological polar surface area (TPSA) is 60.9 Å². The first-order valence-electron chi connectivity index (χ1n) is 5.80. The van der Waals surface area contributed by atoms with Crippen LogP contribution in [0.5, 0.6) is 0 Å². The fourth-order valence-electron chi connectivity index (χ4n) is 1.59. The van der Waals surface area contributed by atoms with E-state index in [9.17, 15) is 4.79 Å². The Hall–Kier alpha value is -1.75. The Labute approximate surface area is 110 Å². The molecule has 0 unspecified atom stereocenters. The number of benzene rings is 1. The molecule has 2 N–H and O–H groups in total. The first-order chi connectivity index (χ1) is 8.72. The number of aromatic nitrogens is 2. The molecule has 1 aromatic heterocycles. The van der Waals surface area contributed by atoms with E-state index in [0.29, 0.717) is 17.3 Å². The third-order valence-corrected chi connectivity index (χ3v) is 3.54. The lowest BCUT2D eigenvalue weighted by molar-refractivity contribution is 0.632. The van der Waals surface area contributed by atoms with Crippen LogP contribution in [0.1, 0.15) is 13.3 Å². The molecule has 0 saturated carbocycles. The first kappa shape index (κ1) is 12.7. The van der Waals surface area contributed by atoms with Crippen molar-refractivity contribution < 1.29 is 0 Å². The van der Waals surface area contributed by atoms with Crippen molar-refractivity contribution in [3.63, 3.8) is 0 Å². The minimum absolute atomic E-state index is 0.0624. The van der Waals surface area contributed by atoms with Gasteiger partial charge in [0.25, 0.3) is 5.56 Å². The molecule has 5 heteroatoms. The number of aryl methyl sites for hydroxylation is 1. The molecule has 0 atom stereocenters. The van der Waals surface area contributed by atoms with Crippen molar-refractivity contribution in [2.24, 2.45) is 0 Å². The van der Waals surface area contributed by atoms with E-state index in [1.54, 1.807) is 17.0 Å². The van der Waals surface area contributed by atoms with Gasteiger partial charge in [0.2, 0.25) is 0 Å². The second-order valence-electron chi connectivity index (χ2n) is 3.87. The Kier molecular flexibility index (Phi) is 4.04. The quantitative estimate of drug-likeness (QED) is 0.858. The van der Waals surface area contributed by atoms with E-state index in [2.05, 4.69) is 4.98 Å². The van der Waals surface area contributed by atoms with Crippen molar-refractivity contribution >= 4 is 17.4 Å². The zero-order chi connectivity index (χ0) is 13.0. The Morgan fingerprint density at radius 1 is 1.39 bits per heavy atom. The smallest absolute Gasteiger partial charge is 0.283 e. The summed E-state index contributed by atoms with van der Waals surface area (Å²) in [5.74, 6) is 0. The van der Waals surface area contributed by atoms with E-state index in [4.69, 9.17) is 5.73 Å². The van der Waals surface area contributed by atoms with Gasteiger partial charge in [-0.3, -0.25) is 4.79 Å². The maximum absolute atomic E-state index is 12.1. The van der Waals surface area contributed by atoms with Crippen LogP contribution in [-0.4, -0.2) is 9.55 Å². The zero-order valence-electron chi connectivity index (χ0n) is 10.2. The third kappa shape index (κ3) is 2.73. The fourth-order valence-corrected chi connectivity index (χ4v) is 2.45. The van der Waals surface area contributed by atoms with Crippen LogP contribution in [0.15, 0.2) is 51.4 Å². The van der Waals surface area contributed by atoms with Crippen LogP contribution in [-0.2, 0) is 6.54 Å². The van der Waals surface area contributed by atoms with Crippen molar-refractivity contribution in [3.8, 4) is 0 Å². The molecule has 0 radical (unpaired) electrons. The number of anilines is 1. The van der Waals surface area contributed by atoms with Crippen molar-refractivity contribution in [1.29, 1.82) is 0 Å². The van der Waals surface area contributed by atoms with Crippen LogP contribution in [0.3, 0.4) is 0 Å². The summed E-state index contributed by atoms with van der Waals surface area (Å²) >= 11 is 1.31. The van der Waals surface area contributed by atoms with Gasteiger partial charge in [-0.2, -0.15) is 0 Å². The predicted molar refractivity (Wildman–Crippen MR) is 73.8 cm³/mol. The van der Waals surface area contributed by atoms with E-state index in [1.165, 1.54) is 11.8 Å². The highest BCUT2D eigenvalue weighted by Crippen LogP contribution is 2.28. The maximum atomic E-state index is 12.1. The molecule has 0 aliphatic carbocycles. The highest BCUT2D eigenvalue weighted by molar-refractivity contribution is 7.99. The Morgan fingerprint density at radius 3 is 2.89 bits per heavy atom. The summed E-state index contributed by atoms with van der Waals surface area (Å²) in [5.41, 5.74) is 6.46. The van der Waals surface area contributed by atoms with Crippen LogP contribution in [0, 0.1) is 0 Å². The molecule has 1 heterocycles. The number of nitrogens with two attached hydrogens (primary N) is 1. The number of rotatable bonds is 4. The average Bonchev–Trinajstić information content (AvgIpc) is 2.37. The molecular weight excluding hydrogens is 246 g/mol. The summed E-state index contributed by atoms with van der Waals surface area (Å²) in [6.45, 7) is 2.74. The van der Waals surface area contributed by atoms with Crippen LogP contribution >= 0.6 is 11.8 Å². The first-order valence-corrected chi connectivity index (χ1v) is 6.62. The fraction of sp³-hybridized carbons (Fsp3) is 0.231. The molecule has 0 spiro atoms. The second-order valence-corrected chi connectivity index (χ2v) is 4.90. The summed E-state index contributed by atoms with van der Waals surface area (Å²) in [4.78, 5) is 17.1. The van der Waals surface area contributed by atoms with E-state index in [1.807, 2.05) is 31.2 Å². The highest BCUT2D eigenvalue weighted by atomic mass is 32.2. The summed E-state index contributed by atoms with van der Waals surface area (Å²) in [6, 6.07) is 7.47. The molecule has 4 nitrogen and oxygen atoms in total. The zero-order valence-corrected chi connectivity index (χ0v) is 11.0. The van der Waals surface area contributed by atoms with E-state index < -0.39 is 0 Å². The van der Waals surface area contributed by atoms with E-state index in [0.717, 1.165) is 11.3 Å². The molecule has 2 aromatic rings. The van der Waals surface area contributed by atoms with Crippen LogP contribution in [0.2, 0.25) is 0 Å². The van der Waals surface area contributed by atoms with Gasteiger partial charge in [-0.1, -0.05) is 30.8 Å². The van der Waals surface area contributed by atoms with Crippen LogP contribution in [0.4, 0.5) is 5.69 Å². The average molecular weight is 261 g/mol. The van der Waals surface area contributed by atoms with Crippen molar-refractivity contribution in [2.75, 3.05) is 5.73 Å². The predicted octanol–water partition coefficient (Wildman–Crippen LogP) is 2.39. The van der Waals surface area contributed by atoms with Gasteiger partial charge >= 0.3 is 0 Å². The molecule has 94 valence electrons. The van der Waals surface area contributed by atoms with E-state index >= 15 is 0 Å². The Morgan fingerprint density at radius 2 is 2.17 bits per heavy atom. The number of para-hydroxylation sites is 1. The molecule has 0 fully saturated rings. The third-order valence-electron chi connectivity index (χ3n) is 2.47. The lowest BCUT2D eigenvalue weighted by Gasteiger charge is -2.06. The summed E-state index contributed by atoms with van der Waals surface area (Å²) < 4.78 is 1.68. The molecule has 0 aliphatic heterocycles. The SMILES string of the molecule is CCCn1ccnc(Sc2ccccc2N)c1=O. The minimum atomic E-state index is -0.0624. The molecule has 18 heavy (non-hydrogen) atoms. The second kappa shape index (κ2) is 5.73. The molecule has 0 saturated heterocycles. The molecule has 1 aromatic carbocycles. The van der Waals surface area contributed by atoms with Crippen molar-refractivity contribution in [2.45, 2.75) is 29.8 Å². The summed E-state index contributed by atoms with van der Waals surface area (Å²) in [5, 5.41) is 0.462. The van der Waals surface area contributed by atoms with Gasteiger partial charge in [0.05, 0.1) is 0 Å². The normalized spacial score (nSPS) is 10.5. The number of hydrogen-bond donors (Lipinski definition) is 1. The largest absolute Gasteiger partial charge is 0.398 e. The Balaban J connectivity index is 2.33. The summed E-state index contributed by atoms with van der Waals surface area (Å²) in [6.07, 6.45) is 4.28. The highest BCUT2D eigenvalue weighted by Gasteiger charge is 2.08. The number of hydrogen-bond acceptors (Lipinski definition) is 4. The van der Waals surface area contributed by atoms with Crippen LogP contribution in [0.25, 0.3) is 0 Å². The van der Waals surface area contributed by atoms with Gasteiger partial charge in [-0.15, -0.1) is 0 Å². The van der Waals surface area contributed by atoms with Crippen molar-refractivity contribution in [1.82, 2.24) is 9.55 Å². The molecule has 0 bridgehead atoms.